The van der Waals surface area contributed by atoms with Crippen LogP contribution in [0.3, 0.4) is 0 Å². The Morgan fingerprint density at radius 3 is 2.90 bits per heavy atom. The normalized spacial score (nSPS) is 15.5. The van der Waals surface area contributed by atoms with Crippen molar-refractivity contribution in [2.75, 3.05) is 13.2 Å². The molecule has 8 nitrogen and oxygen atoms in total. The average Bonchev–Trinajstić information content (AvgIpc) is 3.31. The van der Waals surface area contributed by atoms with Crippen LogP contribution in [0.15, 0.2) is 32.7 Å². The highest BCUT2D eigenvalue weighted by Crippen LogP contribution is 2.27. The maximum atomic E-state index is 12.5. The fourth-order valence-corrected chi connectivity index (χ4v) is 4.50. The van der Waals surface area contributed by atoms with E-state index in [1.165, 1.54) is 11.8 Å². The molecule has 5 rings (SSSR count). The van der Waals surface area contributed by atoms with Crippen LogP contribution in [0.25, 0.3) is 22.1 Å². The molecular formula is C20H21N5O3S. The zero-order chi connectivity index (χ0) is 20.0. The number of benzene rings is 1. The van der Waals surface area contributed by atoms with Crippen LogP contribution in [0.5, 0.6) is 0 Å². The zero-order valence-electron chi connectivity index (χ0n) is 16.3. The van der Waals surface area contributed by atoms with Crippen molar-refractivity contribution < 1.29 is 9.15 Å². The second-order valence-electron chi connectivity index (χ2n) is 7.37. The van der Waals surface area contributed by atoms with Gasteiger partial charge in [0.2, 0.25) is 5.89 Å². The number of aromatic nitrogens is 5. The number of nitrogens with zero attached hydrogens (tertiary/aromatic N) is 4. The molecule has 1 N–H and O–H groups in total. The van der Waals surface area contributed by atoms with E-state index in [0.717, 1.165) is 35.1 Å². The number of aromatic amines is 1. The molecule has 3 aromatic heterocycles. The number of aryl methyl sites for hydroxylation is 2. The molecule has 0 bridgehead atoms. The van der Waals surface area contributed by atoms with Crippen LogP contribution in [0.1, 0.15) is 35.9 Å². The molecule has 1 fully saturated rings. The molecule has 0 atom stereocenters. The third-order valence-corrected chi connectivity index (χ3v) is 6.03. The van der Waals surface area contributed by atoms with Crippen LogP contribution in [-0.4, -0.2) is 37.9 Å². The molecule has 0 unspecified atom stereocenters. The minimum atomic E-state index is -0.181. The summed E-state index contributed by atoms with van der Waals surface area (Å²) >= 11 is 1.40. The Kier molecular flexibility index (Phi) is 4.63. The number of H-pyrrole nitrogens is 1. The van der Waals surface area contributed by atoms with Crippen LogP contribution < -0.4 is 5.56 Å². The monoisotopic (exact) mass is 411 g/mol. The first-order valence-electron chi connectivity index (χ1n) is 9.63. The summed E-state index contributed by atoms with van der Waals surface area (Å²) < 4.78 is 13.2. The highest BCUT2D eigenvalue weighted by molar-refractivity contribution is 7.98. The van der Waals surface area contributed by atoms with E-state index >= 15 is 0 Å². The third kappa shape index (κ3) is 3.44. The van der Waals surface area contributed by atoms with Gasteiger partial charge in [0, 0.05) is 13.2 Å². The van der Waals surface area contributed by atoms with E-state index in [1.54, 1.807) is 6.20 Å². The predicted octanol–water partition coefficient (Wildman–Crippen LogP) is 3.52. The Balaban J connectivity index is 1.43. The molecule has 9 heteroatoms. The number of fused-ring (bicyclic) bond motifs is 2. The summed E-state index contributed by atoms with van der Waals surface area (Å²) in [4.78, 5) is 24.6. The van der Waals surface area contributed by atoms with Gasteiger partial charge in [-0.05, 0) is 43.9 Å². The van der Waals surface area contributed by atoms with Gasteiger partial charge in [-0.2, -0.15) is 5.10 Å². The molecule has 4 aromatic rings. The van der Waals surface area contributed by atoms with E-state index in [2.05, 4.69) is 26.1 Å². The van der Waals surface area contributed by atoms with E-state index in [4.69, 9.17) is 9.15 Å². The van der Waals surface area contributed by atoms with E-state index in [9.17, 15) is 4.79 Å². The second kappa shape index (κ2) is 7.31. The lowest BCUT2D eigenvalue weighted by Gasteiger charge is -2.22. The first kappa shape index (κ1) is 18.4. The SMILES string of the molecule is Cc1cc(C)c2oc(CSc3nc4c(cnn4C4CCOCC4)c(=O)[nH]3)nc2c1. The number of hydrogen-bond donors (Lipinski definition) is 1. The third-order valence-electron chi connectivity index (χ3n) is 5.18. The summed E-state index contributed by atoms with van der Waals surface area (Å²) in [5.74, 6) is 1.09. The summed E-state index contributed by atoms with van der Waals surface area (Å²) in [5.41, 5.74) is 4.32. The van der Waals surface area contributed by atoms with Crippen molar-refractivity contribution in [2.24, 2.45) is 0 Å². The Morgan fingerprint density at radius 2 is 2.07 bits per heavy atom. The molecular weight excluding hydrogens is 390 g/mol. The molecule has 0 amide bonds. The molecule has 4 heterocycles. The van der Waals surface area contributed by atoms with Crippen LogP contribution in [-0.2, 0) is 10.5 Å². The molecule has 29 heavy (non-hydrogen) atoms. The van der Waals surface area contributed by atoms with Crippen molar-refractivity contribution in [3.05, 3.63) is 45.7 Å². The Bertz CT molecular complexity index is 1250. The Labute approximate surface area is 170 Å². The lowest BCUT2D eigenvalue weighted by Crippen LogP contribution is -2.21. The molecule has 150 valence electrons. The average molecular weight is 411 g/mol. The van der Waals surface area contributed by atoms with Crippen molar-refractivity contribution in [1.29, 1.82) is 0 Å². The maximum absolute atomic E-state index is 12.5. The molecule has 1 aliphatic heterocycles. The largest absolute Gasteiger partial charge is 0.439 e. The quantitative estimate of drug-likeness (QED) is 0.405. The number of oxazole rings is 1. The maximum Gasteiger partial charge on any atom is 0.262 e. The van der Waals surface area contributed by atoms with Gasteiger partial charge in [-0.1, -0.05) is 17.8 Å². The van der Waals surface area contributed by atoms with Gasteiger partial charge < -0.3 is 14.1 Å². The number of hydrogen-bond acceptors (Lipinski definition) is 7. The van der Waals surface area contributed by atoms with Crippen molar-refractivity contribution in [3.8, 4) is 0 Å². The summed E-state index contributed by atoms with van der Waals surface area (Å²) in [7, 11) is 0. The van der Waals surface area contributed by atoms with Gasteiger partial charge in [-0.3, -0.25) is 4.79 Å². The fourth-order valence-electron chi connectivity index (χ4n) is 3.80. The van der Waals surface area contributed by atoms with Gasteiger partial charge in [0.15, 0.2) is 16.4 Å². The summed E-state index contributed by atoms with van der Waals surface area (Å²) in [6.45, 7) is 5.46. The van der Waals surface area contributed by atoms with E-state index in [1.807, 2.05) is 24.6 Å². The van der Waals surface area contributed by atoms with Crippen molar-refractivity contribution >= 4 is 33.9 Å². The molecule has 0 saturated carbocycles. The smallest absolute Gasteiger partial charge is 0.262 e. The number of thioether (sulfide) groups is 1. The zero-order valence-corrected chi connectivity index (χ0v) is 17.1. The molecule has 1 aromatic carbocycles. The molecule has 1 saturated heterocycles. The van der Waals surface area contributed by atoms with Crippen LogP contribution in [0.4, 0.5) is 0 Å². The van der Waals surface area contributed by atoms with Gasteiger partial charge in [-0.25, -0.2) is 14.6 Å². The topological polar surface area (TPSA) is 98.8 Å². The van der Waals surface area contributed by atoms with Crippen molar-refractivity contribution in [2.45, 2.75) is 43.6 Å². The first-order valence-corrected chi connectivity index (χ1v) is 10.6. The van der Waals surface area contributed by atoms with Crippen molar-refractivity contribution in [1.82, 2.24) is 24.7 Å². The Hall–Kier alpha value is -2.65. The molecule has 0 radical (unpaired) electrons. The van der Waals surface area contributed by atoms with Gasteiger partial charge in [0.05, 0.1) is 18.0 Å². The number of ether oxygens (including phenoxy) is 1. The van der Waals surface area contributed by atoms with E-state index in [-0.39, 0.29) is 11.6 Å². The summed E-state index contributed by atoms with van der Waals surface area (Å²) in [5, 5.41) is 5.47. The van der Waals surface area contributed by atoms with Crippen LogP contribution in [0.2, 0.25) is 0 Å². The van der Waals surface area contributed by atoms with Gasteiger partial charge in [0.25, 0.3) is 5.56 Å². The lowest BCUT2D eigenvalue weighted by molar-refractivity contribution is 0.0673. The predicted molar refractivity (Wildman–Crippen MR) is 110 cm³/mol. The van der Waals surface area contributed by atoms with Gasteiger partial charge in [-0.15, -0.1) is 0 Å². The van der Waals surface area contributed by atoms with Gasteiger partial charge >= 0.3 is 0 Å². The Morgan fingerprint density at radius 1 is 1.24 bits per heavy atom. The molecule has 0 spiro atoms. The summed E-state index contributed by atoms with van der Waals surface area (Å²) in [6, 6.07) is 4.30. The highest BCUT2D eigenvalue weighted by atomic mass is 32.2. The van der Waals surface area contributed by atoms with E-state index < -0.39 is 0 Å². The fraction of sp³-hybridized carbons (Fsp3) is 0.400. The standard InChI is InChI=1S/C20H21N5O3S/c1-11-7-12(2)17-15(8-11)22-16(28-17)10-29-20-23-18-14(19(26)24-20)9-21-25(18)13-3-5-27-6-4-13/h7-9,13H,3-6,10H2,1-2H3,(H,23,24,26). The first-order chi connectivity index (χ1) is 14.1. The van der Waals surface area contributed by atoms with Crippen LogP contribution in [0, 0.1) is 13.8 Å². The highest BCUT2D eigenvalue weighted by Gasteiger charge is 2.21. The van der Waals surface area contributed by atoms with Crippen LogP contribution >= 0.6 is 11.8 Å². The molecule has 0 aliphatic carbocycles. The van der Waals surface area contributed by atoms with E-state index in [0.29, 0.717) is 41.0 Å². The minimum absolute atomic E-state index is 0.181. The number of rotatable bonds is 4. The number of nitrogens with one attached hydrogen (secondary N) is 1. The second-order valence-corrected chi connectivity index (χ2v) is 8.33. The summed E-state index contributed by atoms with van der Waals surface area (Å²) in [6.07, 6.45) is 3.34. The van der Waals surface area contributed by atoms with Crippen molar-refractivity contribution in [3.63, 3.8) is 0 Å². The minimum Gasteiger partial charge on any atom is -0.439 e. The molecule has 1 aliphatic rings. The van der Waals surface area contributed by atoms with Gasteiger partial charge in [0.1, 0.15) is 10.9 Å². The lowest BCUT2D eigenvalue weighted by atomic mass is 10.1.